The Kier molecular flexibility index (Phi) is 4.80. The number of anilines is 3. The molecular formula is C18H11F2N5O. The molecule has 1 heterocycles. The van der Waals surface area contributed by atoms with Gasteiger partial charge in [0.2, 0.25) is 0 Å². The maximum atomic E-state index is 13.6. The highest BCUT2D eigenvalue weighted by Gasteiger charge is 2.12. The van der Waals surface area contributed by atoms with Crippen molar-refractivity contribution in [2.24, 2.45) is 0 Å². The van der Waals surface area contributed by atoms with Crippen LogP contribution < -0.4 is 10.6 Å². The van der Waals surface area contributed by atoms with E-state index in [9.17, 15) is 13.6 Å². The highest BCUT2D eigenvalue weighted by atomic mass is 19.1. The predicted molar refractivity (Wildman–Crippen MR) is 90.8 cm³/mol. The second-order valence-corrected chi connectivity index (χ2v) is 5.20. The van der Waals surface area contributed by atoms with Gasteiger partial charge in [0.1, 0.15) is 11.6 Å². The fourth-order valence-corrected chi connectivity index (χ4v) is 2.07. The Morgan fingerprint density at radius 3 is 2.38 bits per heavy atom. The van der Waals surface area contributed by atoms with Crippen LogP contribution in [0.3, 0.4) is 0 Å². The van der Waals surface area contributed by atoms with Crippen molar-refractivity contribution in [1.82, 2.24) is 10.2 Å². The average molecular weight is 351 g/mol. The number of nitrogens with zero attached hydrogens (tertiary/aromatic N) is 3. The van der Waals surface area contributed by atoms with Crippen LogP contribution in [0.2, 0.25) is 0 Å². The second-order valence-electron chi connectivity index (χ2n) is 5.20. The van der Waals surface area contributed by atoms with Crippen molar-refractivity contribution in [2.45, 2.75) is 0 Å². The lowest BCUT2D eigenvalue weighted by Gasteiger charge is -2.07. The first kappa shape index (κ1) is 17.0. The number of carbonyl (C=O) groups excluding carboxylic acids is 1. The van der Waals surface area contributed by atoms with Gasteiger partial charge in [0, 0.05) is 11.8 Å². The minimum Gasteiger partial charge on any atom is -0.339 e. The molecule has 0 radical (unpaired) electrons. The Morgan fingerprint density at radius 1 is 1.00 bits per heavy atom. The van der Waals surface area contributed by atoms with E-state index in [1.807, 2.05) is 6.07 Å². The SMILES string of the molecule is N#Cc1ccc(Nc2ccc(C(=O)Nc3ccc(F)cc3F)nn2)cc1. The van der Waals surface area contributed by atoms with Crippen LogP contribution >= 0.6 is 0 Å². The molecule has 0 atom stereocenters. The Labute approximate surface area is 147 Å². The van der Waals surface area contributed by atoms with Crippen LogP contribution in [0.15, 0.2) is 54.6 Å². The topological polar surface area (TPSA) is 90.7 Å². The van der Waals surface area contributed by atoms with Gasteiger partial charge >= 0.3 is 0 Å². The number of hydrogen-bond donors (Lipinski definition) is 2. The summed E-state index contributed by atoms with van der Waals surface area (Å²) in [5, 5.41) is 21.7. The Bertz CT molecular complexity index is 982. The van der Waals surface area contributed by atoms with Crippen molar-refractivity contribution < 1.29 is 13.6 Å². The van der Waals surface area contributed by atoms with Crippen LogP contribution in [0.5, 0.6) is 0 Å². The molecule has 1 amide bonds. The molecule has 0 aliphatic heterocycles. The van der Waals surface area contributed by atoms with Gasteiger partial charge in [-0.25, -0.2) is 8.78 Å². The van der Waals surface area contributed by atoms with Crippen LogP contribution in [-0.2, 0) is 0 Å². The third kappa shape index (κ3) is 3.96. The molecule has 128 valence electrons. The summed E-state index contributed by atoms with van der Waals surface area (Å²) >= 11 is 0. The Hall–Kier alpha value is -3.86. The van der Waals surface area contributed by atoms with Gasteiger partial charge in [-0.1, -0.05) is 0 Å². The van der Waals surface area contributed by atoms with Gasteiger partial charge < -0.3 is 10.6 Å². The second kappa shape index (κ2) is 7.36. The molecule has 0 fully saturated rings. The zero-order valence-electron chi connectivity index (χ0n) is 13.2. The molecule has 0 spiro atoms. The van der Waals surface area contributed by atoms with Crippen molar-refractivity contribution in [1.29, 1.82) is 5.26 Å². The lowest BCUT2D eigenvalue weighted by atomic mass is 10.2. The summed E-state index contributed by atoms with van der Waals surface area (Å²) in [4.78, 5) is 12.1. The van der Waals surface area contributed by atoms with E-state index in [4.69, 9.17) is 5.26 Å². The highest BCUT2D eigenvalue weighted by Crippen LogP contribution is 2.17. The highest BCUT2D eigenvalue weighted by molar-refractivity contribution is 6.02. The van der Waals surface area contributed by atoms with Gasteiger partial charge in [-0.3, -0.25) is 4.79 Å². The van der Waals surface area contributed by atoms with E-state index in [-0.39, 0.29) is 11.4 Å². The summed E-state index contributed by atoms with van der Waals surface area (Å²) in [5.41, 5.74) is 1.04. The minimum atomic E-state index is -0.884. The number of nitriles is 1. The van der Waals surface area contributed by atoms with Crippen molar-refractivity contribution in [3.8, 4) is 6.07 Å². The summed E-state index contributed by atoms with van der Waals surface area (Å²) < 4.78 is 26.4. The van der Waals surface area contributed by atoms with E-state index < -0.39 is 17.5 Å². The smallest absolute Gasteiger partial charge is 0.276 e. The monoisotopic (exact) mass is 351 g/mol. The van der Waals surface area contributed by atoms with Gasteiger partial charge in [-0.15, -0.1) is 10.2 Å². The first-order valence-electron chi connectivity index (χ1n) is 7.42. The first-order chi connectivity index (χ1) is 12.5. The lowest BCUT2D eigenvalue weighted by molar-refractivity contribution is 0.102. The van der Waals surface area contributed by atoms with Crippen LogP contribution in [0, 0.1) is 23.0 Å². The predicted octanol–water partition coefficient (Wildman–Crippen LogP) is 3.62. The zero-order chi connectivity index (χ0) is 18.5. The standard InChI is InChI=1S/C18H11F2N5O/c19-12-3-6-15(14(20)9-12)23-18(26)16-7-8-17(25-24-16)22-13-4-1-11(10-21)2-5-13/h1-9H,(H,22,25)(H,23,26). The zero-order valence-corrected chi connectivity index (χ0v) is 13.2. The molecular weight excluding hydrogens is 340 g/mol. The molecule has 0 saturated heterocycles. The molecule has 26 heavy (non-hydrogen) atoms. The maximum absolute atomic E-state index is 13.6. The van der Waals surface area contributed by atoms with Gasteiger partial charge in [-0.05, 0) is 48.5 Å². The Balaban J connectivity index is 1.68. The van der Waals surface area contributed by atoms with Crippen molar-refractivity contribution in [3.05, 3.63) is 77.5 Å². The van der Waals surface area contributed by atoms with Crippen LogP contribution in [0.4, 0.5) is 26.0 Å². The molecule has 0 unspecified atom stereocenters. The number of rotatable bonds is 4. The fraction of sp³-hybridized carbons (Fsp3) is 0. The summed E-state index contributed by atoms with van der Waals surface area (Å²) in [6.07, 6.45) is 0. The number of nitrogens with one attached hydrogen (secondary N) is 2. The van der Waals surface area contributed by atoms with Gasteiger partial charge in [-0.2, -0.15) is 5.26 Å². The molecule has 3 rings (SSSR count). The van der Waals surface area contributed by atoms with Crippen molar-refractivity contribution in [3.63, 3.8) is 0 Å². The van der Waals surface area contributed by atoms with Crippen LogP contribution in [0.25, 0.3) is 0 Å². The first-order valence-corrected chi connectivity index (χ1v) is 7.42. The van der Waals surface area contributed by atoms with Gasteiger partial charge in [0.05, 0.1) is 17.3 Å². The van der Waals surface area contributed by atoms with E-state index in [1.165, 1.54) is 12.1 Å². The van der Waals surface area contributed by atoms with E-state index in [0.717, 1.165) is 12.1 Å². The quantitative estimate of drug-likeness (QED) is 0.749. The molecule has 6 nitrogen and oxygen atoms in total. The summed E-state index contributed by atoms with van der Waals surface area (Å²) in [5.74, 6) is -1.91. The normalized spacial score (nSPS) is 10.0. The van der Waals surface area contributed by atoms with Crippen LogP contribution in [-0.4, -0.2) is 16.1 Å². The van der Waals surface area contributed by atoms with Crippen molar-refractivity contribution >= 4 is 23.1 Å². The number of halogens is 2. The number of hydrogen-bond acceptors (Lipinski definition) is 5. The third-order valence-corrected chi connectivity index (χ3v) is 3.36. The number of benzene rings is 2. The summed E-state index contributed by atoms with van der Waals surface area (Å²) in [6, 6.07) is 14.5. The van der Waals surface area contributed by atoms with Crippen molar-refractivity contribution in [2.75, 3.05) is 10.6 Å². The van der Waals surface area contributed by atoms with Gasteiger partial charge in [0.25, 0.3) is 5.91 Å². The summed E-state index contributed by atoms with van der Waals surface area (Å²) in [7, 11) is 0. The maximum Gasteiger partial charge on any atom is 0.276 e. The van der Waals surface area contributed by atoms with E-state index in [1.54, 1.807) is 24.3 Å². The average Bonchev–Trinajstić information content (AvgIpc) is 2.65. The minimum absolute atomic E-state index is 0.0286. The molecule has 2 aromatic carbocycles. The van der Waals surface area contributed by atoms with E-state index >= 15 is 0 Å². The lowest BCUT2D eigenvalue weighted by Crippen LogP contribution is -2.15. The summed E-state index contributed by atoms with van der Waals surface area (Å²) in [6.45, 7) is 0. The Morgan fingerprint density at radius 2 is 1.77 bits per heavy atom. The van der Waals surface area contributed by atoms with E-state index in [2.05, 4.69) is 20.8 Å². The molecule has 3 aromatic rings. The number of aromatic nitrogens is 2. The molecule has 0 aliphatic rings. The molecule has 2 N–H and O–H groups in total. The molecule has 8 heteroatoms. The van der Waals surface area contributed by atoms with Crippen LogP contribution in [0.1, 0.15) is 16.1 Å². The number of carbonyl (C=O) groups is 1. The number of amides is 1. The third-order valence-electron chi connectivity index (χ3n) is 3.36. The largest absolute Gasteiger partial charge is 0.339 e. The molecule has 0 bridgehead atoms. The molecule has 1 aromatic heterocycles. The van der Waals surface area contributed by atoms with Gasteiger partial charge in [0.15, 0.2) is 11.5 Å². The fourth-order valence-electron chi connectivity index (χ4n) is 2.07. The van der Waals surface area contributed by atoms with E-state index in [0.29, 0.717) is 23.1 Å². The molecule has 0 saturated carbocycles. The molecule has 0 aliphatic carbocycles.